The van der Waals surface area contributed by atoms with E-state index in [2.05, 4.69) is 104 Å². The molecule has 0 aliphatic rings. The minimum atomic E-state index is 0. The zero-order valence-corrected chi connectivity index (χ0v) is 21.2. The Morgan fingerprint density at radius 2 is 1.52 bits per heavy atom. The molecule has 0 fully saturated rings. The molecule has 163 valence electrons. The minimum Gasteiger partial charge on any atom is -0.257 e. The Bertz CT molecular complexity index is 1630. The molecule has 0 aliphatic heterocycles. The first kappa shape index (κ1) is 21.6. The van der Waals surface area contributed by atoms with Crippen LogP contribution >= 0.6 is 0 Å². The van der Waals surface area contributed by atoms with Gasteiger partial charge in [-0.2, -0.15) is 23.3 Å². The predicted molar refractivity (Wildman–Crippen MR) is 134 cm³/mol. The molecule has 0 aliphatic carbocycles. The number of hydrogen-bond acceptors (Lipinski definition) is 1. The van der Waals surface area contributed by atoms with E-state index < -0.39 is 0 Å². The number of aromatic nitrogens is 2. The van der Waals surface area contributed by atoms with Crippen LogP contribution in [0, 0.1) is 26.8 Å². The van der Waals surface area contributed by atoms with Crippen molar-refractivity contribution in [3.63, 3.8) is 0 Å². The van der Waals surface area contributed by atoms with Crippen molar-refractivity contribution in [1.82, 2.24) is 9.61 Å². The van der Waals surface area contributed by atoms with Gasteiger partial charge in [0.1, 0.15) is 0 Å². The van der Waals surface area contributed by atoms with Gasteiger partial charge in [-0.15, -0.1) is 5.56 Å². The molecule has 0 saturated carbocycles. The number of pyridine rings is 1. The number of rotatable bonds is 2. The van der Waals surface area contributed by atoms with E-state index in [4.69, 9.17) is 5.10 Å². The molecule has 6 rings (SSSR count). The summed E-state index contributed by atoms with van der Waals surface area (Å²) in [5.74, 6) is 0. The maximum atomic E-state index is 4.72. The van der Waals surface area contributed by atoms with Crippen molar-refractivity contribution in [2.45, 2.75) is 20.8 Å². The van der Waals surface area contributed by atoms with Crippen LogP contribution in [0.15, 0.2) is 85.1 Å². The van der Waals surface area contributed by atoms with E-state index >= 15 is 0 Å². The van der Waals surface area contributed by atoms with Gasteiger partial charge in [0.15, 0.2) is 0 Å². The van der Waals surface area contributed by atoms with E-state index in [-0.39, 0.29) is 20.1 Å². The predicted octanol–water partition coefficient (Wildman–Crippen LogP) is 7.70. The average Bonchev–Trinajstić information content (AvgIpc) is 3.29. The topological polar surface area (TPSA) is 17.3 Å². The molecule has 0 saturated heterocycles. The van der Waals surface area contributed by atoms with E-state index in [0.717, 1.165) is 11.0 Å². The summed E-state index contributed by atoms with van der Waals surface area (Å²) in [5.41, 5.74) is 10.9. The second-order valence-electron chi connectivity index (χ2n) is 8.61. The van der Waals surface area contributed by atoms with Gasteiger partial charge in [0.05, 0.1) is 5.52 Å². The van der Waals surface area contributed by atoms with Crippen molar-refractivity contribution in [3.8, 4) is 22.3 Å². The Balaban J connectivity index is 0.00000228. The standard InChI is InChI=1S/C30H23N2.Ir/c1-19-17-24(22-11-5-4-6-12-22)30-25(18-19)29-23(28-20(2)9-7-10-21(28)3)13-8-14-26(29)32-27(30)15-16-31-32;/h4-13,15-18H,1-3H3;/q-1;. The molecule has 4 aromatic carbocycles. The summed E-state index contributed by atoms with van der Waals surface area (Å²) in [4.78, 5) is 0. The van der Waals surface area contributed by atoms with Gasteiger partial charge in [-0.3, -0.25) is 4.52 Å². The Hall–Kier alpha value is -3.26. The van der Waals surface area contributed by atoms with Crippen LogP contribution in [0.3, 0.4) is 0 Å². The third-order valence-corrected chi connectivity index (χ3v) is 6.47. The number of fused-ring (bicyclic) bond motifs is 6. The van der Waals surface area contributed by atoms with Gasteiger partial charge in [-0.1, -0.05) is 77.0 Å². The molecule has 2 nitrogen and oxygen atoms in total. The number of benzene rings is 4. The summed E-state index contributed by atoms with van der Waals surface area (Å²) in [7, 11) is 0. The van der Waals surface area contributed by atoms with Crippen LogP contribution in [0.1, 0.15) is 16.7 Å². The molecular formula is C30H23IrN2-. The minimum absolute atomic E-state index is 0. The molecule has 1 radical (unpaired) electrons. The average molecular weight is 604 g/mol. The van der Waals surface area contributed by atoms with Gasteiger partial charge >= 0.3 is 0 Å². The molecule has 0 amide bonds. The van der Waals surface area contributed by atoms with Crippen molar-refractivity contribution < 1.29 is 20.1 Å². The fourth-order valence-electron chi connectivity index (χ4n) is 5.15. The van der Waals surface area contributed by atoms with Crippen molar-refractivity contribution >= 4 is 27.2 Å². The van der Waals surface area contributed by atoms with Gasteiger partial charge in [-0.25, -0.2) is 0 Å². The summed E-state index contributed by atoms with van der Waals surface area (Å²) in [6.45, 7) is 6.57. The molecule has 2 heterocycles. The zero-order valence-electron chi connectivity index (χ0n) is 18.8. The normalized spacial score (nSPS) is 11.2. The largest absolute Gasteiger partial charge is 0.257 e. The van der Waals surface area contributed by atoms with Gasteiger partial charge in [-0.05, 0) is 60.2 Å². The van der Waals surface area contributed by atoms with Crippen LogP contribution in [-0.4, -0.2) is 9.61 Å². The first-order chi connectivity index (χ1) is 15.6. The molecule has 0 unspecified atom stereocenters. The number of hydrogen-bond donors (Lipinski definition) is 0. The summed E-state index contributed by atoms with van der Waals surface area (Å²) in [6.07, 6.45) is 1.89. The van der Waals surface area contributed by atoms with Gasteiger partial charge in [0.2, 0.25) is 0 Å². The first-order valence-electron chi connectivity index (χ1n) is 11.0. The SMILES string of the molecule is Cc1cc(-c2ccccc2)c2c(c1)c1c(-c3c(C)cccc3C)cc[c-]c1n1nccc21.[Ir]. The Morgan fingerprint density at radius 1 is 0.758 bits per heavy atom. The van der Waals surface area contributed by atoms with Crippen LogP contribution in [0.2, 0.25) is 0 Å². The molecule has 0 bridgehead atoms. The van der Waals surface area contributed by atoms with E-state index in [0.29, 0.717) is 0 Å². The first-order valence-corrected chi connectivity index (χ1v) is 11.0. The van der Waals surface area contributed by atoms with E-state index in [1.165, 1.54) is 55.1 Å². The molecule has 0 N–H and O–H groups in total. The van der Waals surface area contributed by atoms with Gasteiger partial charge in [0, 0.05) is 31.7 Å². The zero-order chi connectivity index (χ0) is 21.8. The fourth-order valence-corrected chi connectivity index (χ4v) is 5.15. The summed E-state index contributed by atoms with van der Waals surface area (Å²) < 4.78 is 2.05. The number of nitrogens with zero attached hydrogens (tertiary/aromatic N) is 2. The summed E-state index contributed by atoms with van der Waals surface area (Å²) >= 11 is 0. The molecule has 0 atom stereocenters. The van der Waals surface area contributed by atoms with Crippen LogP contribution in [0.4, 0.5) is 0 Å². The monoisotopic (exact) mass is 604 g/mol. The quantitative estimate of drug-likeness (QED) is 0.147. The molecule has 2 aromatic heterocycles. The van der Waals surface area contributed by atoms with Crippen molar-refractivity contribution in [3.05, 3.63) is 108 Å². The van der Waals surface area contributed by atoms with Crippen LogP contribution < -0.4 is 0 Å². The second-order valence-corrected chi connectivity index (χ2v) is 8.61. The van der Waals surface area contributed by atoms with E-state index in [9.17, 15) is 0 Å². The smallest absolute Gasteiger partial charge is 0.0718 e. The van der Waals surface area contributed by atoms with Gasteiger partial charge < -0.3 is 0 Å². The maximum absolute atomic E-state index is 4.72. The molecule has 0 spiro atoms. The van der Waals surface area contributed by atoms with E-state index in [1.807, 2.05) is 12.3 Å². The third kappa shape index (κ3) is 3.31. The van der Waals surface area contributed by atoms with Crippen molar-refractivity contribution in [1.29, 1.82) is 0 Å². The Kier molecular flexibility index (Phi) is 5.40. The van der Waals surface area contributed by atoms with Crippen molar-refractivity contribution in [2.24, 2.45) is 0 Å². The maximum Gasteiger partial charge on any atom is 0.0718 e. The van der Waals surface area contributed by atoms with E-state index in [1.54, 1.807) is 0 Å². The van der Waals surface area contributed by atoms with Crippen LogP contribution in [0.25, 0.3) is 49.4 Å². The van der Waals surface area contributed by atoms with Crippen LogP contribution in [0.5, 0.6) is 0 Å². The molecular weight excluding hydrogens is 581 g/mol. The molecule has 33 heavy (non-hydrogen) atoms. The summed E-state index contributed by atoms with van der Waals surface area (Å²) in [6, 6.07) is 31.6. The summed E-state index contributed by atoms with van der Waals surface area (Å²) in [5, 5.41) is 8.41. The molecule has 6 aromatic rings. The van der Waals surface area contributed by atoms with Crippen LogP contribution in [-0.2, 0) is 20.1 Å². The Labute approximate surface area is 207 Å². The third-order valence-electron chi connectivity index (χ3n) is 6.47. The second kappa shape index (κ2) is 8.26. The Morgan fingerprint density at radius 3 is 2.27 bits per heavy atom. The fraction of sp³-hybridized carbons (Fsp3) is 0.100. The van der Waals surface area contributed by atoms with Gasteiger partial charge in [0.25, 0.3) is 0 Å². The van der Waals surface area contributed by atoms with Crippen molar-refractivity contribution in [2.75, 3.05) is 0 Å². The molecule has 3 heteroatoms. The number of aryl methyl sites for hydroxylation is 3.